The van der Waals surface area contributed by atoms with Crippen LogP contribution < -0.4 is 0 Å². The Morgan fingerprint density at radius 3 is 2.59 bits per heavy atom. The third-order valence-electron chi connectivity index (χ3n) is 2.56. The molecule has 1 aromatic carbocycles. The van der Waals surface area contributed by atoms with Crippen molar-refractivity contribution in [2.45, 2.75) is 6.92 Å². The van der Waals surface area contributed by atoms with E-state index < -0.39 is 5.97 Å². The normalized spacial score (nSPS) is 10.2. The lowest BCUT2D eigenvalue weighted by atomic mass is 10.0. The Bertz CT molecular complexity index is 579. The summed E-state index contributed by atoms with van der Waals surface area (Å²) in [5.74, 6) is -1.10. The summed E-state index contributed by atoms with van der Waals surface area (Å²) in [7, 11) is 0. The van der Waals surface area contributed by atoms with Crippen LogP contribution in [0.4, 0.5) is 0 Å². The second-order valence-corrected chi connectivity index (χ2v) is 3.73. The van der Waals surface area contributed by atoms with E-state index in [2.05, 4.69) is 4.98 Å². The van der Waals surface area contributed by atoms with Crippen LogP contribution in [0.1, 0.15) is 15.9 Å². The zero-order valence-corrected chi connectivity index (χ0v) is 9.21. The van der Waals surface area contributed by atoms with Gasteiger partial charge in [0.05, 0.1) is 5.56 Å². The van der Waals surface area contributed by atoms with Crippen molar-refractivity contribution >= 4 is 5.97 Å². The van der Waals surface area contributed by atoms with Gasteiger partial charge < -0.3 is 10.2 Å². The number of nitrogens with zero attached hydrogens (tertiary/aromatic N) is 1. The lowest BCUT2D eigenvalue weighted by Gasteiger charge is -2.08. The molecule has 0 aliphatic rings. The summed E-state index contributed by atoms with van der Waals surface area (Å²) in [5, 5.41) is 18.6. The number of phenols is 1. The van der Waals surface area contributed by atoms with Crippen molar-refractivity contribution in [3.8, 4) is 16.9 Å². The van der Waals surface area contributed by atoms with Gasteiger partial charge in [-0.2, -0.15) is 0 Å². The van der Waals surface area contributed by atoms with E-state index in [0.717, 1.165) is 11.1 Å². The number of rotatable bonds is 2. The minimum atomic E-state index is -1.06. The van der Waals surface area contributed by atoms with Crippen LogP contribution in [0.3, 0.4) is 0 Å². The van der Waals surface area contributed by atoms with Gasteiger partial charge in [0.15, 0.2) is 0 Å². The maximum atomic E-state index is 10.7. The smallest absolute Gasteiger partial charge is 0.335 e. The number of aromatic carboxylic acids is 1. The van der Waals surface area contributed by atoms with Gasteiger partial charge in [0.1, 0.15) is 5.75 Å². The van der Waals surface area contributed by atoms with Gasteiger partial charge in [-0.3, -0.25) is 4.98 Å². The highest BCUT2D eigenvalue weighted by atomic mass is 16.4. The molecule has 0 saturated carbocycles. The monoisotopic (exact) mass is 229 g/mol. The Hall–Kier alpha value is -2.36. The number of hydrogen-bond donors (Lipinski definition) is 2. The summed E-state index contributed by atoms with van der Waals surface area (Å²) >= 11 is 0. The first-order valence-corrected chi connectivity index (χ1v) is 5.07. The summed E-state index contributed by atoms with van der Waals surface area (Å²) in [5.41, 5.74) is 2.44. The number of phenolic OH excluding ortho intramolecular Hbond substituents is 1. The average Bonchev–Trinajstić information content (AvgIpc) is 2.30. The van der Waals surface area contributed by atoms with Gasteiger partial charge in [-0.05, 0) is 42.3 Å². The quantitative estimate of drug-likeness (QED) is 0.829. The molecule has 0 unspecified atom stereocenters. The molecule has 1 heterocycles. The van der Waals surface area contributed by atoms with Gasteiger partial charge in [0, 0.05) is 18.0 Å². The molecule has 2 N–H and O–H groups in total. The second kappa shape index (κ2) is 4.25. The largest absolute Gasteiger partial charge is 0.507 e. The van der Waals surface area contributed by atoms with Crippen molar-refractivity contribution in [3.63, 3.8) is 0 Å². The Kier molecular flexibility index (Phi) is 2.78. The van der Waals surface area contributed by atoms with E-state index in [1.54, 1.807) is 24.5 Å². The van der Waals surface area contributed by atoms with Crippen molar-refractivity contribution in [1.82, 2.24) is 4.98 Å². The Morgan fingerprint density at radius 2 is 2.00 bits per heavy atom. The maximum absolute atomic E-state index is 10.7. The number of pyridine rings is 1. The number of aromatic hydroxyl groups is 1. The zero-order valence-electron chi connectivity index (χ0n) is 9.21. The molecule has 86 valence electrons. The summed E-state index contributed by atoms with van der Waals surface area (Å²) in [4.78, 5) is 14.7. The topological polar surface area (TPSA) is 70.4 Å². The highest BCUT2D eigenvalue weighted by molar-refractivity contribution is 5.89. The molecule has 0 fully saturated rings. The average molecular weight is 229 g/mol. The van der Waals surface area contributed by atoms with Crippen LogP contribution in [0.2, 0.25) is 0 Å². The highest BCUT2D eigenvalue weighted by Crippen LogP contribution is 2.31. The van der Waals surface area contributed by atoms with E-state index in [9.17, 15) is 9.90 Å². The lowest BCUT2D eigenvalue weighted by molar-refractivity contribution is 0.0696. The Labute approximate surface area is 98.2 Å². The molecule has 0 aliphatic carbocycles. The number of carboxylic acids is 1. The zero-order chi connectivity index (χ0) is 12.4. The lowest BCUT2D eigenvalue weighted by Crippen LogP contribution is -1.96. The van der Waals surface area contributed by atoms with Crippen molar-refractivity contribution in [3.05, 3.63) is 47.8 Å². The molecule has 0 bridgehead atoms. The molecule has 2 rings (SSSR count). The minimum Gasteiger partial charge on any atom is -0.507 e. The van der Waals surface area contributed by atoms with Crippen LogP contribution in [-0.2, 0) is 0 Å². The van der Waals surface area contributed by atoms with Gasteiger partial charge in [-0.1, -0.05) is 0 Å². The van der Waals surface area contributed by atoms with Crippen LogP contribution in [0.25, 0.3) is 11.1 Å². The fraction of sp³-hybridized carbons (Fsp3) is 0.0769. The Balaban J connectivity index is 2.55. The molecule has 4 heteroatoms. The molecule has 0 amide bonds. The number of benzene rings is 1. The van der Waals surface area contributed by atoms with Gasteiger partial charge in [0.2, 0.25) is 0 Å². The number of hydrogen-bond acceptors (Lipinski definition) is 3. The van der Waals surface area contributed by atoms with E-state index >= 15 is 0 Å². The molecule has 4 nitrogen and oxygen atoms in total. The first-order chi connectivity index (χ1) is 8.09. The van der Waals surface area contributed by atoms with Crippen molar-refractivity contribution in [1.29, 1.82) is 0 Å². The van der Waals surface area contributed by atoms with Gasteiger partial charge in [-0.15, -0.1) is 0 Å². The van der Waals surface area contributed by atoms with Crippen molar-refractivity contribution in [2.24, 2.45) is 0 Å². The van der Waals surface area contributed by atoms with Crippen LogP contribution in [0.5, 0.6) is 5.75 Å². The molecule has 0 atom stereocenters. The van der Waals surface area contributed by atoms with Gasteiger partial charge in [0.25, 0.3) is 0 Å². The first-order valence-electron chi connectivity index (χ1n) is 5.07. The fourth-order valence-electron chi connectivity index (χ4n) is 1.67. The summed E-state index contributed by atoms with van der Waals surface area (Å²) in [6.45, 7) is 1.88. The highest BCUT2D eigenvalue weighted by Gasteiger charge is 2.10. The third kappa shape index (κ3) is 2.10. The molecule has 17 heavy (non-hydrogen) atoms. The number of aryl methyl sites for hydroxylation is 1. The number of carboxylic acid groups (broad SMARTS) is 1. The van der Waals surface area contributed by atoms with Crippen molar-refractivity contribution < 1.29 is 15.0 Å². The van der Waals surface area contributed by atoms with Crippen molar-refractivity contribution in [2.75, 3.05) is 0 Å². The van der Waals surface area contributed by atoms with E-state index in [1.165, 1.54) is 12.1 Å². The molecule has 0 spiro atoms. The molecule has 2 aromatic rings. The molecule has 0 aliphatic heterocycles. The number of carbonyl (C=O) groups is 1. The summed E-state index contributed by atoms with van der Waals surface area (Å²) in [6, 6.07) is 6.10. The van der Waals surface area contributed by atoms with Gasteiger partial charge >= 0.3 is 5.97 Å². The minimum absolute atomic E-state index is 0.0424. The summed E-state index contributed by atoms with van der Waals surface area (Å²) in [6.07, 6.45) is 3.33. The molecular formula is C13H11NO3. The predicted molar refractivity (Wildman–Crippen MR) is 63.0 cm³/mol. The predicted octanol–water partition coefficient (Wildman–Crippen LogP) is 2.46. The Morgan fingerprint density at radius 1 is 1.24 bits per heavy atom. The van der Waals surface area contributed by atoms with E-state index in [1.807, 2.05) is 6.92 Å². The number of aromatic nitrogens is 1. The van der Waals surface area contributed by atoms with Gasteiger partial charge in [-0.25, -0.2) is 4.79 Å². The molecule has 0 saturated heterocycles. The van der Waals surface area contributed by atoms with E-state index in [-0.39, 0.29) is 11.3 Å². The van der Waals surface area contributed by atoms with Crippen LogP contribution >= 0.6 is 0 Å². The molecule has 0 radical (unpaired) electrons. The van der Waals surface area contributed by atoms with E-state index in [0.29, 0.717) is 5.56 Å². The SMILES string of the molecule is Cc1cnccc1-c1ccc(C(=O)O)cc1O. The second-order valence-electron chi connectivity index (χ2n) is 3.73. The maximum Gasteiger partial charge on any atom is 0.335 e. The third-order valence-corrected chi connectivity index (χ3v) is 2.56. The molecular weight excluding hydrogens is 218 g/mol. The fourth-order valence-corrected chi connectivity index (χ4v) is 1.67. The standard InChI is InChI=1S/C13H11NO3/c1-8-7-14-5-4-10(8)11-3-2-9(13(16)17)6-12(11)15/h2-7,15H,1H3,(H,16,17). The van der Waals surface area contributed by atoms with Crippen LogP contribution in [0, 0.1) is 6.92 Å². The van der Waals surface area contributed by atoms with Crippen LogP contribution in [0.15, 0.2) is 36.7 Å². The van der Waals surface area contributed by atoms with E-state index in [4.69, 9.17) is 5.11 Å². The van der Waals surface area contributed by atoms with Crippen LogP contribution in [-0.4, -0.2) is 21.2 Å². The first kappa shape index (κ1) is 11.1. The molecule has 1 aromatic heterocycles. The summed E-state index contributed by atoms with van der Waals surface area (Å²) < 4.78 is 0.